The van der Waals surface area contributed by atoms with Gasteiger partial charge in [-0.15, -0.1) is 0 Å². The Morgan fingerprint density at radius 1 is 1.32 bits per heavy atom. The molecule has 0 bridgehead atoms. The van der Waals surface area contributed by atoms with Gasteiger partial charge < -0.3 is 9.84 Å². The van der Waals surface area contributed by atoms with Crippen LogP contribution in [0.2, 0.25) is 5.02 Å². The maximum atomic E-state index is 13.8. The predicted octanol–water partition coefficient (Wildman–Crippen LogP) is 4.98. The van der Waals surface area contributed by atoms with Gasteiger partial charge in [0.25, 0.3) is 5.56 Å². The average Bonchev–Trinajstić information content (AvgIpc) is 3.35. The van der Waals surface area contributed by atoms with Crippen LogP contribution in [0.1, 0.15) is 44.8 Å². The second-order valence-electron chi connectivity index (χ2n) is 8.93. The lowest BCUT2D eigenvalue weighted by Gasteiger charge is -2.22. The Morgan fingerprint density at radius 2 is 2.05 bits per heavy atom. The predicted molar refractivity (Wildman–Crippen MR) is 140 cm³/mol. The molecule has 0 amide bonds. The van der Waals surface area contributed by atoms with Crippen LogP contribution in [0.4, 0.5) is 8.78 Å². The van der Waals surface area contributed by atoms with Crippen LogP contribution in [0.15, 0.2) is 52.0 Å². The third kappa shape index (κ3) is 6.58. The normalized spacial score (nSPS) is 13.0. The van der Waals surface area contributed by atoms with Crippen molar-refractivity contribution in [1.82, 2.24) is 19.3 Å². The van der Waals surface area contributed by atoms with E-state index in [2.05, 4.69) is 15.1 Å². The van der Waals surface area contributed by atoms with Crippen molar-refractivity contribution in [2.24, 2.45) is 4.99 Å². The second-order valence-corrected chi connectivity index (χ2v) is 9.31. The molecule has 3 heterocycles. The lowest BCUT2D eigenvalue weighted by atomic mass is 10.1. The van der Waals surface area contributed by atoms with Gasteiger partial charge >= 0.3 is 0 Å². The minimum Gasteiger partial charge on any atom is -0.485 e. The Labute approximate surface area is 218 Å². The van der Waals surface area contributed by atoms with Crippen LogP contribution in [0.5, 0.6) is 5.75 Å². The zero-order chi connectivity index (χ0) is 27.3. The summed E-state index contributed by atoms with van der Waals surface area (Å²) in [4.78, 5) is 21.0. The molecule has 0 unspecified atom stereocenters. The van der Waals surface area contributed by atoms with Crippen molar-refractivity contribution < 1.29 is 18.6 Å². The second kappa shape index (κ2) is 11.6. The molecule has 0 saturated heterocycles. The number of rotatable bonds is 9. The lowest BCUT2D eigenvalue weighted by Crippen LogP contribution is -2.30. The van der Waals surface area contributed by atoms with E-state index in [1.54, 1.807) is 43.2 Å². The summed E-state index contributed by atoms with van der Waals surface area (Å²) in [5, 5.41) is 13.9. The number of aliphatic imine (C=N–C) groups is 1. The molecule has 0 aliphatic carbocycles. The number of aliphatic hydroxyl groups excluding tert-OH is 1. The summed E-state index contributed by atoms with van der Waals surface area (Å²) in [6, 6.07) is 4.05. The maximum Gasteiger partial charge on any atom is 0.277 e. The monoisotopic (exact) mass is 531 g/mol. The fraction of sp³-hybridized carbons (Fsp3) is 0.308. The van der Waals surface area contributed by atoms with E-state index in [0.717, 1.165) is 6.20 Å². The summed E-state index contributed by atoms with van der Waals surface area (Å²) in [6.07, 6.45) is 7.64. The number of halogens is 3. The van der Waals surface area contributed by atoms with Crippen molar-refractivity contribution in [3.8, 4) is 5.75 Å². The first-order valence-electron chi connectivity index (χ1n) is 11.4. The Balaban J connectivity index is 1.80. The van der Waals surface area contributed by atoms with Crippen molar-refractivity contribution in [3.05, 3.63) is 86.3 Å². The van der Waals surface area contributed by atoms with Gasteiger partial charge in [0.15, 0.2) is 5.82 Å². The van der Waals surface area contributed by atoms with E-state index in [4.69, 9.17) is 16.3 Å². The molecule has 196 valence electrons. The summed E-state index contributed by atoms with van der Waals surface area (Å²) < 4.78 is 35.4. The maximum absolute atomic E-state index is 13.8. The fourth-order valence-electron chi connectivity index (χ4n) is 3.22. The number of nitrogens with zero attached hydrogens (tertiary/aromatic N) is 5. The van der Waals surface area contributed by atoms with Crippen molar-refractivity contribution in [2.75, 3.05) is 6.61 Å². The first kappa shape index (κ1) is 27.9. The van der Waals surface area contributed by atoms with Crippen LogP contribution in [-0.4, -0.2) is 37.3 Å². The Bertz CT molecular complexity index is 1440. The molecule has 8 nitrogen and oxygen atoms in total. The molecular formula is C26H28ClF2N5O3. The molecule has 11 heteroatoms. The van der Waals surface area contributed by atoms with Crippen molar-refractivity contribution in [1.29, 1.82) is 0 Å². The summed E-state index contributed by atoms with van der Waals surface area (Å²) in [7, 11) is 0. The summed E-state index contributed by atoms with van der Waals surface area (Å²) in [5.41, 5.74) is 1.23. The van der Waals surface area contributed by atoms with Crippen molar-refractivity contribution in [3.63, 3.8) is 0 Å². The SMILES string of the molecule is C\C=C(/N=C\C(C)=C\n1c(C)cc(OCc2ncc(F)cc2F)c(Cl)c1=O)c1ccn(C(C)(C)CO)n1. The van der Waals surface area contributed by atoms with Gasteiger partial charge in [0.1, 0.15) is 34.6 Å². The number of hydrogen-bond donors (Lipinski definition) is 1. The third-order valence-electron chi connectivity index (χ3n) is 5.46. The number of aliphatic hydroxyl groups is 1. The van der Waals surface area contributed by atoms with E-state index in [9.17, 15) is 18.7 Å². The minimum atomic E-state index is -0.858. The van der Waals surface area contributed by atoms with E-state index < -0.39 is 22.7 Å². The zero-order valence-electron chi connectivity index (χ0n) is 21.2. The highest BCUT2D eigenvalue weighted by atomic mass is 35.5. The van der Waals surface area contributed by atoms with Crippen LogP contribution in [0.25, 0.3) is 11.9 Å². The highest BCUT2D eigenvalue weighted by Crippen LogP contribution is 2.24. The number of aryl methyl sites for hydroxylation is 1. The fourth-order valence-corrected chi connectivity index (χ4v) is 3.42. The molecule has 3 rings (SSSR count). The number of ether oxygens (including phenoxy) is 1. The van der Waals surface area contributed by atoms with E-state index >= 15 is 0 Å². The summed E-state index contributed by atoms with van der Waals surface area (Å²) in [6.45, 7) is 8.65. The number of hydrogen-bond acceptors (Lipinski definition) is 6. The molecule has 0 aliphatic rings. The molecule has 0 radical (unpaired) electrons. The smallest absolute Gasteiger partial charge is 0.277 e. The van der Waals surface area contributed by atoms with E-state index in [1.807, 2.05) is 32.9 Å². The molecule has 0 spiro atoms. The van der Waals surface area contributed by atoms with Crippen molar-refractivity contribution >= 4 is 29.7 Å². The largest absolute Gasteiger partial charge is 0.485 e. The van der Waals surface area contributed by atoms with Crippen molar-refractivity contribution in [2.45, 2.75) is 46.8 Å². The number of allylic oxidation sites excluding steroid dienone is 2. The molecule has 0 aliphatic heterocycles. The summed E-state index contributed by atoms with van der Waals surface area (Å²) >= 11 is 6.23. The molecule has 0 aromatic carbocycles. The third-order valence-corrected chi connectivity index (χ3v) is 5.81. The van der Waals surface area contributed by atoms with Crippen LogP contribution in [-0.2, 0) is 12.1 Å². The number of pyridine rings is 2. The first-order valence-corrected chi connectivity index (χ1v) is 11.7. The molecule has 37 heavy (non-hydrogen) atoms. The summed E-state index contributed by atoms with van der Waals surface area (Å²) in [5.74, 6) is -1.60. The van der Waals surface area contributed by atoms with E-state index in [-0.39, 0.29) is 29.7 Å². The highest BCUT2D eigenvalue weighted by Gasteiger charge is 2.20. The highest BCUT2D eigenvalue weighted by molar-refractivity contribution is 6.31. The lowest BCUT2D eigenvalue weighted by molar-refractivity contribution is 0.152. The molecular weight excluding hydrogens is 504 g/mol. The van der Waals surface area contributed by atoms with Gasteiger partial charge in [0, 0.05) is 36.4 Å². The average molecular weight is 532 g/mol. The van der Waals surface area contributed by atoms with Crippen LogP contribution < -0.4 is 10.3 Å². The molecule has 3 aromatic rings. The molecule has 0 saturated carbocycles. The molecule has 3 aromatic heterocycles. The van der Waals surface area contributed by atoms with Gasteiger partial charge in [0.05, 0.1) is 24.0 Å². The van der Waals surface area contributed by atoms with E-state index in [1.165, 1.54) is 4.57 Å². The van der Waals surface area contributed by atoms with Gasteiger partial charge in [-0.3, -0.25) is 24.0 Å². The van der Waals surface area contributed by atoms with Gasteiger partial charge in [-0.05, 0) is 46.3 Å². The zero-order valence-corrected chi connectivity index (χ0v) is 21.9. The van der Waals surface area contributed by atoms with Gasteiger partial charge in [0.2, 0.25) is 0 Å². The van der Waals surface area contributed by atoms with Gasteiger partial charge in [-0.2, -0.15) is 5.10 Å². The standard InChI is InChI=1S/C26H28ClF2N5O3/c1-6-20(21-7-8-34(32-21)26(4,5)15-35)30-11-16(2)13-33-17(3)9-23(24(27)25(33)36)37-14-22-19(29)10-18(28)12-31-22/h6-13,35H,14-15H2,1-5H3/b16-13+,20-6-,30-11-. The Kier molecular flexibility index (Phi) is 8.77. The minimum absolute atomic E-state index is 0.0586. The van der Waals surface area contributed by atoms with Gasteiger partial charge in [-0.25, -0.2) is 8.78 Å². The Hall–Kier alpha value is -3.63. The quantitative estimate of drug-likeness (QED) is 0.393. The molecule has 1 N–H and O–H groups in total. The Morgan fingerprint density at radius 3 is 2.70 bits per heavy atom. The first-order chi connectivity index (χ1) is 17.5. The molecule has 0 fully saturated rings. The van der Waals surface area contributed by atoms with Crippen LogP contribution in [0.3, 0.4) is 0 Å². The molecule has 0 atom stereocenters. The van der Waals surface area contributed by atoms with Gasteiger partial charge in [-0.1, -0.05) is 17.7 Å². The number of aromatic nitrogens is 4. The topological polar surface area (TPSA) is 94.5 Å². The van der Waals surface area contributed by atoms with Crippen LogP contribution in [0, 0.1) is 18.6 Å². The van der Waals surface area contributed by atoms with Crippen LogP contribution >= 0.6 is 11.6 Å². The van der Waals surface area contributed by atoms with E-state index in [0.29, 0.717) is 28.7 Å².